The summed E-state index contributed by atoms with van der Waals surface area (Å²) in [6.07, 6.45) is 5.53. The van der Waals surface area contributed by atoms with E-state index in [1.54, 1.807) is 65.6 Å². The highest BCUT2D eigenvalue weighted by Gasteiger charge is 2.56. The second kappa shape index (κ2) is 13.1. The molecule has 40 heavy (non-hydrogen) atoms. The Bertz CT molecular complexity index is 1170. The first kappa shape index (κ1) is 29.2. The molecule has 1 aliphatic heterocycles. The topological polar surface area (TPSA) is 164 Å². The highest BCUT2D eigenvalue weighted by molar-refractivity contribution is 5.86. The molecular weight excluding hydrogens is 516 g/mol. The maximum Gasteiger partial charge on any atom is 0.321 e. The van der Waals surface area contributed by atoms with Gasteiger partial charge in [-0.25, -0.2) is 0 Å². The molecule has 1 saturated heterocycles. The molecular formula is C30H36N2O8. The van der Waals surface area contributed by atoms with Gasteiger partial charge in [-0.05, 0) is 24.0 Å². The minimum atomic E-state index is -1.71. The van der Waals surface area contributed by atoms with Crippen LogP contribution in [0.5, 0.6) is 0 Å². The molecule has 0 radical (unpaired) electrons. The zero-order valence-corrected chi connectivity index (χ0v) is 22.1. The quantitative estimate of drug-likeness (QED) is 0.341. The third kappa shape index (κ3) is 6.18. The number of nitrogens with zero attached hydrogens (tertiary/aromatic N) is 1. The molecule has 0 bridgehead atoms. The molecule has 0 aromatic heterocycles. The monoisotopic (exact) mass is 552 g/mol. The number of hydrogen-bond acceptors (Lipinski definition) is 6. The van der Waals surface area contributed by atoms with E-state index in [2.05, 4.69) is 5.32 Å². The Balaban J connectivity index is 2.04. The van der Waals surface area contributed by atoms with Crippen molar-refractivity contribution in [3.8, 4) is 0 Å². The summed E-state index contributed by atoms with van der Waals surface area (Å²) in [7, 11) is 0. The average Bonchev–Trinajstić information content (AvgIpc) is 2.89. The van der Waals surface area contributed by atoms with Crippen LogP contribution in [0.1, 0.15) is 68.2 Å². The van der Waals surface area contributed by atoms with Gasteiger partial charge in [-0.3, -0.25) is 29.4 Å². The van der Waals surface area contributed by atoms with Gasteiger partial charge in [0.05, 0.1) is 6.04 Å². The van der Waals surface area contributed by atoms with Crippen molar-refractivity contribution < 1.29 is 39.6 Å². The summed E-state index contributed by atoms with van der Waals surface area (Å²) in [5.41, 5.74) is 0.797. The molecule has 0 amide bonds. The van der Waals surface area contributed by atoms with E-state index in [4.69, 9.17) is 0 Å². The molecule has 1 aliphatic carbocycles. The number of carbonyl (C=O) groups is 4. The molecule has 2 aliphatic rings. The van der Waals surface area contributed by atoms with E-state index in [-0.39, 0.29) is 0 Å². The maximum absolute atomic E-state index is 13.2. The summed E-state index contributed by atoms with van der Waals surface area (Å²) in [4.78, 5) is 53.5. The fraction of sp³-hybridized carbons (Fsp3) is 0.467. The third-order valence-corrected chi connectivity index (χ3v) is 8.29. The molecule has 4 rings (SSSR count). The van der Waals surface area contributed by atoms with Crippen molar-refractivity contribution in [3.63, 3.8) is 0 Å². The number of aliphatic carboxylic acids is 4. The Morgan fingerprint density at radius 2 is 1.12 bits per heavy atom. The smallest absolute Gasteiger partial charge is 0.321 e. The largest absolute Gasteiger partial charge is 0.481 e. The summed E-state index contributed by atoms with van der Waals surface area (Å²) in [5, 5.41) is 45.1. The summed E-state index contributed by atoms with van der Waals surface area (Å²) in [6, 6.07) is 10.3. The molecule has 5 N–H and O–H groups in total. The van der Waals surface area contributed by atoms with E-state index in [0.29, 0.717) is 24.0 Å². The minimum Gasteiger partial charge on any atom is -0.481 e. The first-order valence-electron chi connectivity index (χ1n) is 13.8. The van der Waals surface area contributed by atoms with Gasteiger partial charge in [0.1, 0.15) is 23.9 Å². The van der Waals surface area contributed by atoms with Crippen LogP contribution in [-0.2, 0) is 19.2 Å². The zero-order chi connectivity index (χ0) is 28.8. The molecule has 1 saturated carbocycles. The highest BCUT2D eigenvalue weighted by Crippen LogP contribution is 2.44. The third-order valence-electron chi connectivity index (χ3n) is 8.29. The van der Waals surface area contributed by atoms with Gasteiger partial charge in [-0.1, -0.05) is 92.8 Å². The predicted molar refractivity (Wildman–Crippen MR) is 145 cm³/mol. The average molecular weight is 553 g/mol. The number of nitrogens with one attached hydrogen (secondary N) is 1. The van der Waals surface area contributed by atoms with Crippen LogP contribution < -0.4 is 5.32 Å². The predicted octanol–water partition coefficient (Wildman–Crippen LogP) is 3.80. The lowest BCUT2D eigenvalue weighted by atomic mass is 9.76. The lowest BCUT2D eigenvalue weighted by Crippen LogP contribution is -2.65. The first-order valence-corrected chi connectivity index (χ1v) is 13.8. The molecule has 6 unspecified atom stereocenters. The van der Waals surface area contributed by atoms with E-state index in [9.17, 15) is 39.6 Å². The van der Waals surface area contributed by atoms with Crippen LogP contribution in [-0.4, -0.2) is 67.3 Å². The lowest BCUT2D eigenvalue weighted by molar-refractivity contribution is -0.170. The van der Waals surface area contributed by atoms with E-state index < -0.39 is 65.9 Å². The van der Waals surface area contributed by atoms with Gasteiger partial charge in [-0.15, -0.1) is 0 Å². The fourth-order valence-corrected chi connectivity index (χ4v) is 6.55. The van der Waals surface area contributed by atoms with Gasteiger partial charge in [-0.2, -0.15) is 0 Å². The van der Waals surface area contributed by atoms with Gasteiger partial charge >= 0.3 is 23.9 Å². The van der Waals surface area contributed by atoms with Gasteiger partial charge in [0.15, 0.2) is 0 Å². The van der Waals surface area contributed by atoms with Crippen LogP contribution in [0.2, 0.25) is 0 Å². The molecule has 6 atom stereocenters. The Morgan fingerprint density at radius 1 is 0.625 bits per heavy atom. The van der Waals surface area contributed by atoms with Crippen LogP contribution in [0.25, 0.3) is 0 Å². The molecule has 1 heterocycles. The summed E-state index contributed by atoms with van der Waals surface area (Å²) >= 11 is 0. The minimum absolute atomic E-state index is 0.368. The van der Waals surface area contributed by atoms with E-state index in [0.717, 1.165) is 32.1 Å². The summed E-state index contributed by atoms with van der Waals surface area (Å²) < 4.78 is 0. The Morgan fingerprint density at radius 3 is 1.60 bits per heavy atom. The number of carboxylic acids is 4. The number of carboxylic acid groups (broad SMARTS) is 4. The SMILES string of the molecule is O=C(O)C1NC(c2ccccc2)C(C(=O)O)C(C(=O)O)N(C2CCCCCCC2)C(c2ccccc2)C1C(=O)O. The van der Waals surface area contributed by atoms with Crippen molar-refractivity contribution in [2.45, 2.75) is 75.2 Å². The first-order chi connectivity index (χ1) is 19.2. The number of benzene rings is 2. The van der Waals surface area contributed by atoms with Crippen LogP contribution in [0.4, 0.5) is 0 Å². The van der Waals surface area contributed by atoms with Crippen molar-refractivity contribution in [1.29, 1.82) is 0 Å². The van der Waals surface area contributed by atoms with Crippen LogP contribution in [0.15, 0.2) is 60.7 Å². The molecule has 2 aromatic carbocycles. The molecule has 2 aromatic rings. The van der Waals surface area contributed by atoms with Crippen LogP contribution in [0, 0.1) is 11.8 Å². The number of hydrogen-bond donors (Lipinski definition) is 5. The fourth-order valence-electron chi connectivity index (χ4n) is 6.55. The van der Waals surface area contributed by atoms with Gasteiger partial charge in [0.2, 0.25) is 0 Å². The van der Waals surface area contributed by atoms with E-state index in [1.807, 2.05) is 0 Å². The van der Waals surface area contributed by atoms with Crippen LogP contribution in [0.3, 0.4) is 0 Å². The van der Waals surface area contributed by atoms with Crippen molar-refractivity contribution in [2.24, 2.45) is 11.8 Å². The van der Waals surface area contributed by atoms with E-state index >= 15 is 0 Å². The lowest BCUT2D eigenvalue weighted by Gasteiger charge is -2.50. The Kier molecular flexibility index (Phi) is 9.54. The second-order valence-corrected chi connectivity index (χ2v) is 10.7. The zero-order valence-electron chi connectivity index (χ0n) is 22.1. The highest BCUT2D eigenvalue weighted by atomic mass is 16.4. The summed E-state index contributed by atoms with van der Waals surface area (Å²) in [5.74, 6) is -8.90. The van der Waals surface area contributed by atoms with Gasteiger partial charge < -0.3 is 20.4 Å². The molecule has 0 spiro atoms. The van der Waals surface area contributed by atoms with Crippen molar-refractivity contribution >= 4 is 23.9 Å². The molecule has 10 nitrogen and oxygen atoms in total. The van der Waals surface area contributed by atoms with Gasteiger partial charge in [0, 0.05) is 12.1 Å². The Labute approximate surface area is 232 Å². The molecule has 2 fully saturated rings. The van der Waals surface area contributed by atoms with Crippen LogP contribution >= 0.6 is 0 Å². The van der Waals surface area contributed by atoms with Gasteiger partial charge in [0.25, 0.3) is 0 Å². The summed E-state index contributed by atoms with van der Waals surface area (Å²) in [6.45, 7) is 0. The number of rotatable bonds is 7. The second-order valence-electron chi connectivity index (χ2n) is 10.7. The van der Waals surface area contributed by atoms with Crippen molar-refractivity contribution in [2.75, 3.05) is 0 Å². The molecule has 214 valence electrons. The Hall–Kier alpha value is -3.76. The molecule has 10 heteroatoms. The maximum atomic E-state index is 13.2. The van der Waals surface area contributed by atoms with Crippen molar-refractivity contribution in [1.82, 2.24) is 10.2 Å². The standard InChI is InChI=1S/C30H36N2O8/c33-27(34)21-23(18-12-6-4-7-13-18)31-24(29(37)38)22(28(35)36)25(19-14-8-5-9-15-19)32(26(21)30(39)40)20-16-10-2-1-3-11-17-20/h4-9,12-15,20-26,31H,1-3,10-11,16-17H2,(H,33,34)(H,35,36)(H,37,38)(H,39,40). The van der Waals surface area contributed by atoms with Crippen molar-refractivity contribution in [3.05, 3.63) is 71.8 Å². The van der Waals surface area contributed by atoms with E-state index in [1.165, 1.54) is 0 Å². The normalized spacial score (nSPS) is 28.8.